The molecule has 0 aliphatic rings. The molecule has 0 aromatic carbocycles. The number of halogens is 1. The van der Waals surface area contributed by atoms with Gasteiger partial charge in [-0.25, -0.2) is 0 Å². The first-order chi connectivity index (χ1) is 2.77. The zero-order chi connectivity index (χ0) is 4.99. The zero-order valence-corrected chi connectivity index (χ0v) is 5.33. The first-order valence-corrected chi connectivity index (χ1v) is 2.59. The minimum Gasteiger partial charge on any atom is -0.327 e. The van der Waals surface area contributed by atoms with Crippen LogP contribution >= 0.6 is 15.9 Å². The summed E-state index contributed by atoms with van der Waals surface area (Å²) >= 11 is 3.22. The van der Waals surface area contributed by atoms with E-state index >= 15 is 0 Å². The normalized spacial score (nSPS) is 12.2. The Bertz CT molecular complexity index is 54.6. The molecule has 0 rings (SSSR count). The van der Waals surface area contributed by atoms with Crippen LogP contribution in [0.4, 0.5) is 0 Å². The molecule has 0 aliphatic carbocycles. The number of nitrogens with two attached hydrogens (primary N) is 1. The average molecular weight is 150 g/mol. The summed E-state index contributed by atoms with van der Waals surface area (Å²) in [7, 11) is 0. The molecule has 2 heteroatoms. The van der Waals surface area contributed by atoms with Crippen LogP contribution in [0.1, 0.15) is 6.92 Å². The monoisotopic (exact) mass is 149 g/mol. The highest BCUT2D eigenvalue weighted by Gasteiger charge is 1.69. The molecule has 2 N–H and O–H groups in total. The van der Waals surface area contributed by atoms with Gasteiger partial charge in [-0.1, -0.05) is 22.0 Å². The van der Waals surface area contributed by atoms with Crippen molar-refractivity contribution in [3.8, 4) is 0 Å². The van der Waals surface area contributed by atoms with Crippen LogP contribution < -0.4 is 5.73 Å². The van der Waals surface area contributed by atoms with Crippen molar-refractivity contribution in [3.63, 3.8) is 0 Å². The third-order valence-corrected chi connectivity index (χ3v) is 0.723. The summed E-state index contributed by atoms with van der Waals surface area (Å²) in [6.07, 6.45) is 1.90. The topological polar surface area (TPSA) is 26.0 Å². The van der Waals surface area contributed by atoms with Gasteiger partial charge < -0.3 is 5.73 Å². The van der Waals surface area contributed by atoms with Gasteiger partial charge in [-0.3, -0.25) is 0 Å². The highest BCUT2D eigenvalue weighted by atomic mass is 79.9. The maximum absolute atomic E-state index is 5.12. The van der Waals surface area contributed by atoms with E-state index in [1.54, 1.807) is 0 Å². The standard InChI is InChI=1S/C4H8BrN/c1-4(5)2-3-6/h2H,3,6H2,1H3. The van der Waals surface area contributed by atoms with Gasteiger partial charge in [0.2, 0.25) is 0 Å². The van der Waals surface area contributed by atoms with Crippen LogP contribution in [0, 0.1) is 0 Å². The molecule has 6 heavy (non-hydrogen) atoms. The van der Waals surface area contributed by atoms with Crippen LogP contribution in [0.5, 0.6) is 0 Å². The lowest BCUT2D eigenvalue weighted by Gasteiger charge is -1.78. The summed E-state index contributed by atoms with van der Waals surface area (Å²) < 4.78 is 1.10. The quantitative estimate of drug-likeness (QED) is 0.597. The van der Waals surface area contributed by atoms with Gasteiger partial charge in [0.15, 0.2) is 0 Å². The van der Waals surface area contributed by atoms with Crippen LogP contribution in [-0.4, -0.2) is 6.54 Å². The summed E-state index contributed by atoms with van der Waals surface area (Å²) in [6, 6.07) is 0. The van der Waals surface area contributed by atoms with Crippen LogP contribution in [0.25, 0.3) is 0 Å². The largest absolute Gasteiger partial charge is 0.327 e. The van der Waals surface area contributed by atoms with Crippen molar-refractivity contribution in [2.45, 2.75) is 6.92 Å². The molecule has 0 unspecified atom stereocenters. The molecular formula is C4H8BrN. The Morgan fingerprint density at radius 2 is 2.50 bits per heavy atom. The van der Waals surface area contributed by atoms with E-state index in [1.807, 2.05) is 13.0 Å². The Morgan fingerprint density at radius 1 is 2.00 bits per heavy atom. The fourth-order valence-corrected chi connectivity index (χ4v) is 0.349. The molecular weight excluding hydrogens is 142 g/mol. The lowest BCUT2D eigenvalue weighted by Crippen LogP contribution is -1.92. The van der Waals surface area contributed by atoms with Crippen LogP contribution in [0.3, 0.4) is 0 Å². The van der Waals surface area contributed by atoms with Gasteiger partial charge >= 0.3 is 0 Å². The van der Waals surface area contributed by atoms with Crippen LogP contribution in [0.15, 0.2) is 10.6 Å². The van der Waals surface area contributed by atoms with E-state index in [4.69, 9.17) is 5.73 Å². The molecule has 0 bridgehead atoms. The molecule has 0 saturated carbocycles. The predicted molar refractivity (Wildman–Crippen MR) is 31.7 cm³/mol. The van der Waals surface area contributed by atoms with Crippen molar-refractivity contribution < 1.29 is 0 Å². The second-order valence-corrected chi connectivity index (χ2v) is 2.28. The van der Waals surface area contributed by atoms with Crippen molar-refractivity contribution in [3.05, 3.63) is 10.6 Å². The summed E-state index contributed by atoms with van der Waals surface area (Å²) in [5, 5.41) is 0. The number of hydrogen-bond acceptors (Lipinski definition) is 1. The van der Waals surface area contributed by atoms with Gasteiger partial charge in [0, 0.05) is 6.54 Å². The molecule has 0 saturated heterocycles. The number of hydrogen-bond donors (Lipinski definition) is 1. The SMILES string of the molecule is CC(Br)=CCN. The molecule has 1 nitrogen and oxygen atoms in total. The Labute approximate surface area is 46.4 Å². The van der Waals surface area contributed by atoms with Crippen molar-refractivity contribution in [2.24, 2.45) is 5.73 Å². The van der Waals surface area contributed by atoms with Crippen molar-refractivity contribution >= 4 is 15.9 Å². The Morgan fingerprint density at radius 3 is 2.50 bits per heavy atom. The minimum absolute atomic E-state index is 0.622. The summed E-state index contributed by atoms with van der Waals surface area (Å²) in [5.74, 6) is 0. The van der Waals surface area contributed by atoms with Gasteiger partial charge in [0.1, 0.15) is 0 Å². The molecule has 0 amide bonds. The lowest BCUT2D eigenvalue weighted by atomic mass is 10.5. The van der Waals surface area contributed by atoms with Gasteiger partial charge in [-0.2, -0.15) is 0 Å². The van der Waals surface area contributed by atoms with E-state index in [-0.39, 0.29) is 0 Å². The van der Waals surface area contributed by atoms with E-state index in [0.717, 1.165) is 4.48 Å². The van der Waals surface area contributed by atoms with E-state index in [0.29, 0.717) is 6.54 Å². The molecule has 36 valence electrons. The highest BCUT2D eigenvalue weighted by Crippen LogP contribution is 1.98. The van der Waals surface area contributed by atoms with Crippen LogP contribution in [0.2, 0.25) is 0 Å². The molecule has 0 aliphatic heterocycles. The molecule has 0 aromatic heterocycles. The predicted octanol–water partition coefficient (Wildman–Crippen LogP) is 1.24. The lowest BCUT2D eigenvalue weighted by molar-refractivity contribution is 1.24. The second-order valence-electron chi connectivity index (χ2n) is 1.03. The molecule has 0 atom stereocenters. The third kappa shape index (κ3) is 4.18. The van der Waals surface area contributed by atoms with E-state index in [1.165, 1.54) is 0 Å². The summed E-state index contributed by atoms with van der Waals surface area (Å²) in [6.45, 7) is 2.57. The van der Waals surface area contributed by atoms with Gasteiger partial charge in [0.25, 0.3) is 0 Å². The van der Waals surface area contributed by atoms with Crippen molar-refractivity contribution in [1.82, 2.24) is 0 Å². The summed E-state index contributed by atoms with van der Waals surface area (Å²) in [5.41, 5.74) is 5.12. The fourth-order valence-electron chi connectivity index (χ4n) is 0.162. The smallest absolute Gasteiger partial charge is 0.0117 e. The van der Waals surface area contributed by atoms with E-state index < -0.39 is 0 Å². The zero-order valence-electron chi connectivity index (χ0n) is 3.74. The first kappa shape index (κ1) is 6.18. The second kappa shape index (κ2) is 3.37. The van der Waals surface area contributed by atoms with Crippen molar-refractivity contribution in [2.75, 3.05) is 6.54 Å². The van der Waals surface area contributed by atoms with Gasteiger partial charge in [-0.05, 0) is 11.4 Å². The van der Waals surface area contributed by atoms with Gasteiger partial charge in [-0.15, -0.1) is 0 Å². The molecule has 0 heterocycles. The fraction of sp³-hybridized carbons (Fsp3) is 0.500. The molecule has 0 aromatic rings. The molecule has 0 radical (unpaired) electrons. The summed E-state index contributed by atoms with van der Waals surface area (Å²) in [4.78, 5) is 0. The Kier molecular flexibility index (Phi) is 3.47. The van der Waals surface area contributed by atoms with E-state index in [9.17, 15) is 0 Å². The Balaban J connectivity index is 3.14. The highest BCUT2D eigenvalue weighted by molar-refractivity contribution is 9.11. The molecule has 0 spiro atoms. The molecule has 0 fully saturated rings. The Hall–Kier alpha value is 0.180. The first-order valence-electron chi connectivity index (χ1n) is 1.79. The maximum atomic E-state index is 5.12. The maximum Gasteiger partial charge on any atom is 0.0117 e. The van der Waals surface area contributed by atoms with Crippen molar-refractivity contribution in [1.29, 1.82) is 0 Å². The van der Waals surface area contributed by atoms with E-state index in [2.05, 4.69) is 15.9 Å². The van der Waals surface area contributed by atoms with Crippen LogP contribution in [-0.2, 0) is 0 Å². The van der Waals surface area contributed by atoms with Gasteiger partial charge in [0.05, 0.1) is 0 Å². The number of allylic oxidation sites excluding steroid dienone is 1. The average Bonchev–Trinajstić information content (AvgIpc) is 1.35. The third-order valence-electron chi connectivity index (χ3n) is 0.399. The number of rotatable bonds is 1. The minimum atomic E-state index is 0.622.